The van der Waals surface area contributed by atoms with Gasteiger partial charge in [0.05, 0.1) is 44.0 Å². The lowest BCUT2D eigenvalue weighted by atomic mass is 10.1. The third-order valence-corrected chi connectivity index (χ3v) is 5.13. The normalized spacial score (nSPS) is 13.2. The quantitative estimate of drug-likeness (QED) is 0.673. The van der Waals surface area contributed by atoms with Crippen molar-refractivity contribution in [2.75, 3.05) is 43.6 Å². The molecule has 2 aromatic heterocycles. The molecule has 0 radical (unpaired) electrons. The van der Waals surface area contributed by atoms with Gasteiger partial charge in [-0.3, -0.25) is 10.3 Å². The van der Waals surface area contributed by atoms with Crippen molar-refractivity contribution in [1.82, 2.24) is 15.3 Å². The summed E-state index contributed by atoms with van der Waals surface area (Å²) in [6.07, 6.45) is 5.33. The first kappa shape index (κ1) is 19.4. The number of ether oxygens (including phenoxy) is 2. The molecular weight excluding hydrogens is 366 g/mol. The maximum Gasteiger partial charge on any atom is 0.321 e. The van der Waals surface area contributed by atoms with Crippen molar-refractivity contribution in [2.45, 2.75) is 26.3 Å². The van der Waals surface area contributed by atoms with Crippen molar-refractivity contribution in [3.05, 3.63) is 29.0 Å². The Morgan fingerprint density at radius 2 is 2.26 bits per heavy atom. The second-order valence-electron chi connectivity index (χ2n) is 6.14. The summed E-state index contributed by atoms with van der Waals surface area (Å²) >= 11 is 1.51. The van der Waals surface area contributed by atoms with Crippen LogP contribution in [-0.4, -0.2) is 49.4 Å². The van der Waals surface area contributed by atoms with Gasteiger partial charge >= 0.3 is 6.03 Å². The minimum Gasteiger partial charge on any atom is -0.495 e. The number of rotatable bonds is 8. The molecule has 3 heterocycles. The molecular formula is C18H25N5O3S. The maximum atomic E-state index is 12.0. The Kier molecular flexibility index (Phi) is 6.83. The molecule has 9 heteroatoms. The summed E-state index contributed by atoms with van der Waals surface area (Å²) in [4.78, 5) is 24.2. The van der Waals surface area contributed by atoms with Crippen molar-refractivity contribution in [3.63, 3.8) is 0 Å². The fraction of sp³-hybridized carbons (Fsp3) is 0.500. The molecule has 0 aromatic carbocycles. The summed E-state index contributed by atoms with van der Waals surface area (Å²) in [7, 11) is 1.64. The predicted molar refractivity (Wildman–Crippen MR) is 106 cm³/mol. The van der Waals surface area contributed by atoms with Crippen LogP contribution in [0.2, 0.25) is 0 Å². The monoisotopic (exact) mass is 391 g/mol. The van der Waals surface area contributed by atoms with E-state index in [4.69, 9.17) is 9.47 Å². The number of carbonyl (C=O) groups is 1. The van der Waals surface area contributed by atoms with E-state index in [0.717, 1.165) is 47.9 Å². The van der Waals surface area contributed by atoms with Crippen LogP contribution in [0.4, 0.5) is 15.6 Å². The molecule has 8 nitrogen and oxygen atoms in total. The Morgan fingerprint density at radius 1 is 1.37 bits per heavy atom. The lowest BCUT2D eigenvalue weighted by Gasteiger charge is -2.27. The molecule has 1 aliphatic rings. The van der Waals surface area contributed by atoms with Crippen LogP contribution in [0.15, 0.2) is 18.5 Å². The largest absolute Gasteiger partial charge is 0.495 e. The zero-order chi connectivity index (χ0) is 19.1. The topological polar surface area (TPSA) is 88.6 Å². The van der Waals surface area contributed by atoms with Crippen molar-refractivity contribution >= 4 is 28.2 Å². The average molecular weight is 391 g/mol. The number of nitrogens with one attached hydrogen (secondary N) is 2. The van der Waals surface area contributed by atoms with Crippen molar-refractivity contribution in [1.29, 1.82) is 0 Å². The number of nitrogens with zero attached hydrogens (tertiary/aromatic N) is 3. The molecule has 2 aromatic rings. The van der Waals surface area contributed by atoms with Gasteiger partial charge in [0.15, 0.2) is 5.13 Å². The van der Waals surface area contributed by atoms with E-state index in [-0.39, 0.29) is 6.03 Å². The standard InChI is InChI=1S/C18H25N5O3S/c1-3-7-26-8-5-20-17(24)22-18-21-15-4-6-23(12-16(15)27-18)13-9-14(25-2)11-19-10-13/h9-11H,3-8,12H2,1-2H3,(H2,20,21,22,24). The number of methoxy groups -OCH3 is 1. The molecule has 0 fully saturated rings. The summed E-state index contributed by atoms with van der Waals surface area (Å²) in [5, 5.41) is 6.21. The molecule has 2 N–H and O–H groups in total. The van der Waals surface area contributed by atoms with Crippen molar-refractivity contribution in [3.8, 4) is 5.75 Å². The average Bonchev–Trinajstić information content (AvgIpc) is 3.09. The molecule has 0 atom stereocenters. The number of thiazole rings is 1. The number of aromatic nitrogens is 2. The van der Waals surface area contributed by atoms with Gasteiger partial charge in [-0.05, 0) is 6.42 Å². The molecule has 0 spiro atoms. The Hall–Kier alpha value is -2.39. The Morgan fingerprint density at radius 3 is 3.07 bits per heavy atom. The molecule has 0 saturated carbocycles. The van der Waals surface area contributed by atoms with E-state index in [1.54, 1.807) is 13.3 Å². The molecule has 2 amide bonds. The van der Waals surface area contributed by atoms with Gasteiger partial charge < -0.3 is 19.7 Å². The molecule has 27 heavy (non-hydrogen) atoms. The van der Waals surface area contributed by atoms with Gasteiger partial charge in [-0.25, -0.2) is 9.78 Å². The second kappa shape index (κ2) is 9.52. The molecule has 146 valence electrons. The Labute approximate surface area is 162 Å². The summed E-state index contributed by atoms with van der Waals surface area (Å²) in [5.41, 5.74) is 2.07. The number of urea groups is 1. The highest BCUT2D eigenvalue weighted by molar-refractivity contribution is 7.15. The molecule has 3 rings (SSSR count). The fourth-order valence-electron chi connectivity index (χ4n) is 2.79. The summed E-state index contributed by atoms with van der Waals surface area (Å²) < 4.78 is 10.6. The fourth-order valence-corrected chi connectivity index (χ4v) is 3.80. The van der Waals surface area contributed by atoms with E-state index in [0.29, 0.717) is 24.9 Å². The van der Waals surface area contributed by atoms with E-state index in [1.807, 2.05) is 12.3 Å². The predicted octanol–water partition coefficient (Wildman–Crippen LogP) is 2.66. The first-order valence-corrected chi connectivity index (χ1v) is 9.86. The van der Waals surface area contributed by atoms with Crippen LogP contribution in [0, 0.1) is 0 Å². The molecule has 1 aliphatic heterocycles. The Balaban J connectivity index is 1.54. The van der Waals surface area contributed by atoms with E-state index in [1.165, 1.54) is 11.3 Å². The zero-order valence-corrected chi connectivity index (χ0v) is 16.5. The number of pyridine rings is 1. The number of amides is 2. The lowest BCUT2D eigenvalue weighted by molar-refractivity contribution is 0.137. The van der Waals surface area contributed by atoms with Crippen LogP contribution in [0.1, 0.15) is 23.9 Å². The van der Waals surface area contributed by atoms with E-state index in [9.17, 15) is 4.79 Å². The van der Waals surface area contributed by atoms with Crippen LogP contribution >= 0.6 is 11.3 Å². The number of hydrogen-bond donors (Lipinski definition) is 2. The number of fused-ring (bicyclic) bond motifs is 1. The minimum atomic E-state index is -0.255. The number of carbonyl (C=O) groups excluding carboxylic acids is 1. The van der Waals surface area contributed by atoms with Crippen LogP contribution < -0.4 is 20.3 Å². The van der Waals surface area contributed by atoms with Gasteiger partial charge in [0.2, 0.25) is 0 Å². The van der Waals surface area contributed by atoms with Gasteiger partial charge in [-0.2, -0.15) is 0 Å². The zero-order valence-electron chi connectivity index (χ0n) is 15.7. The Bertz CT molecular complexity index is 767. The smallest absolute Gasteiger partial charge is 0.321 e. The molecule has 0 bridgehead atoms. The van der Waals surface area contributed by atoms with Gasteiger partial charge in [-0.15, -0.1) is 0 Å². The summed E-state index contributed by atoms with van der Waals surface area (Å²) in [6.45, 7) is 5.35. The highest BCUT2D eigenvalue weighted by Crippen LogP contribution is 2.31. The van der Waals surface area contributed by atoms with Gasteiger partial charge in [0, 0.05) is 37.1 Å². The first-order chi connectivity index (χ1) is 13.2. The van der Waals surface area contributed by atoms with E-state index >= 15 is 0 Å². The van der Waals surface area contributed by atoms with Crippen LogP contribution in [0.25, 0.3) is 0 Å². The third kappa shape index (κ3) is 5.30. The first-order valence-electron chi connectivity index (χ1n) is 9.04. The van der Waals surface area contributed by atoms with Crippen molar-refractivity contribution in [2.24, 2.45) is 0 Å². The molecule has 0 unspecified atom stereocenters. The highest BCUT2D eigenvalue weighted by Gasteiger charge is 2.22. The second-order valence-corrected chi connectivity index (χ2v) is 7.22. The highest BCUT2D eigenvalue weighted by atomic mass is 32.1. The summed E-state index contributed by atoms with van der Waals surface area (Å²) in [6, 6.07) is 1.72. The van der Waals surface area contributed by atoms with Crippen LogP contribution in [0.3, 0.4) is 0 Å². The van der Waals surface area contributed by atoms with Crippen LogP contribution in [0.5, 0.6) is 5.75 Å². The number of anilines is 2. The van der Waals surface area contributed by atoms with Gasteiger partial charge in [0.25, 0.3) is 0 Å². The number of hydrogen-bond acceptors (Lipinski definition) is 7. The third-order valence-electron chi connectivity index (χ3n) is 4.13. The SMILES string of the molecule is CCCOCCNC(=O)Nc1nc2c(s1)CN(c1cncc(OC)c1)CC2. The van der Waals surface area contributed by atoms with Crippen LogP contribution in [-0.2, 0) is 17.7 Å². The van der Waals surface area contributed by atoms with Gasteiger partial charge in [-0.1, -0.05) is 18.3 Å². The molecule has 0 aliphatic carbocycles. The maximum absolute atomic E-state index is 12.0. The lowest BCUT2D eigenvalue weighted by Crippen LogP contribution is -2.31. The minimum absolute atomic E-state index is 0.255. The molecule has 0 saturated heterocycles. The van der Waals surface area contributed by atoms with Gasteiger partial charge in [0.1, 0.15) is 5.75 Å². The van der Waals surface area contributed by atoms with E-state index < -0.39 is 0 Å². The van der Waals surface area contributed by atoms with Crippen molar-refractivity contribution < 1.29 is 14.3 Å². The summed E-state index contributed by atoms with van der Waals surface area (Å²) in [5.74, 6) is 0.740. The van der Waals surface area contributed by atoms with E-state index in [2.05, 4.69) is 32.4 Å².